The number of piperidine rings is 1. The Morgan fingerprint density at radius 2 is 1.79 bits per heavy atom. The number of hydrogen-bond acceptors (Lipinski definition) is 3. The van der Waals surface area contributed by atoms with Gasteiger partial charge in [-0.1, -0.05) is 12.2 Å². The fourth-order valence-corrected chi connectivity index (χ4v) is 2.26. The smallest absolute Gasteiger partial charge is 0.0798 e. The summed E-state index contributed by atoms with van der Waals surface area (Å²) in [4.78, 5) is 4.60. The number of likely N-dealkylation sites (tertiary alicyclic amines) is 1. The minimum atomic E-state index is -0.432. The van der Waals surface area contributed by atoms with E-state index in [2.05, 4.69) is 29.0 Å². The average molecular weight is 196 g/mol. The molecule has 0 aliphatic carbocycles. The topological polar surface area (TPSA) is 26.7 Å². The summed E-state index contributed by atoms with van der Waals surface area (Å²) in [5.41, 5.74) is -0.432. The lowest BCUT2D eigenvalue weighted by molar-refractivity contribution is -0.0361. The van der Waals surface area contributed by atoms with Gasteiger partial charge in [-0.3, -0.25) is 4.90 Å². The van der Waals surface area contributed by atoms with Crippen LogP contribution in [0, 0.1) is 0 Å². The molecule has 2 rings (SSSR count). The zero-order chi connectivity index (χ0) is 10.0. The van der Waals surface area contributed by atoms with Gasteiger partial charge in [0, 0.05) is 32.7 Å². The molecule has 0 bridgehead atoms. The predicted molar refractivity (Wildman–Crippen MR) is 57.3 cm³/mol. The highest BCUT2D eigenvalue weighted by atomic mass is 16.3. The summed E-state index contributed by atoms with van der Waals surface area (Å²) in [6.45, 7) is 4.92. The van der Waals surface area contributed by atoms with Crippen LogP contribution in [0.5, 0.6) is 0 Å². The van der Waals surface area contributed by atoms with Gasteiger partial charge < -0.3 is 10.0 Å². The van der Waals surface area contributed by atoms with Gasteiger partial charge in [-0.15, -0.1) is 0 Å². The highest BCUT2D eigenvalue weighted by Crippen LogP contribution is 2.23. The third-order valence-electron chi connectivity index (χ3n) is 3.33. The Morgan fingerprint density at radius 3 is 2.36 bits per heavy atom. The van der Waals surface area contributed by atoms with Gasteiger partial charge in [0.05, 0.1) is 5.60 Å². The quantitative estimate of drug-likeness (QED) is 0.644. The zero-order valence-electron chi connectivity index (χ0n) is 8.95. The molecule has 0 aromatic heterocycles. The number of nitrogens with zero attached hydrogens (tertiary/aromatic N) is 2. The van der Waals surface area contributed by atoms with Crippen LogP contribution < -0.4 is 0 Å². The normalized spacial score (nSPS) is 28.4. The van der Waals surface area contributed by atoms with Gasteiger partial charge in [-0.25, -0.2) is 0 Å². The second kappa shape index (κ2) is 4.01. The van der Waals surface area contributed by atoms with Crippen LogP contribution in [0.3, 0.4) is 0 Å². The predicted octanol–water partition coefficient (Wildman–Crippen LogP) is 0.315. The van der Waals surface area contributed by atoms with Crippen LogP contribution in [0.4, 0.5) is 0 Å². The van der Waals surface area contributed by atoms with Gasteiger partial charge >= 0.3 is 0 Å². The van der Waals surface area contributed by atoms with Crippen LogP contribution in [-0.4, -0.2) is 60.3 Å². The second-order valence-corrected chi connectivity index (χ2v) is 4.69. The maximum atomic E-state index is 10.4. The van der Waals surface area contributed by atoms with Crippen molar-refractivity contribution >= 4 is 0 Å². The third kappa shape index (κ3) is 2.35. The Labute approximate surface area is 86.0 Å². The van der Waals surface area contributed by atoms with E-state index >= 15 is 0 Å². The van der Waals surface area contributed by atoms with E-state index in [9.17, 15) is 5.11 Å². The first-order chi connectivity index (χ1) is 6.68. The molecule has 0 aromatic rings. The van der Waals surface area contributed by atoms with Crippen molar-refractivity contribution in [3.05, 3.63) is 12.2 Å². The molecule has 2 heterocycles. The monoisotopic (exact) mass is 196 g/mol. The lowest BCUT2D eigenvalue weighted by atomic mass is 9.91. The molecule has 2 aliphatic heterocycles. The van der Waals surface area contributed by atoms with E-state index in [4.69, 9.17) is 0 Å². The second-order valence-electron chi connectivity index (χ2n) is 4.69. The minimum absolute atomic E-state index is 0.432. The molecule has 0 atom stereocenters. The Morgan fingerprint density at radius 1 is 1.21 bits per heavy atom. The molecule has 0 radical (unpaired) electrons. The van der Waals surface area contributed by atoms with Crippen molar-refractivity contribution in [1.29, 1.82) is 0 Å². The van der Waals surface area contributed by atoms with Crippen LogP contribution >= 0.6 is 0 Å². The zero-order valence-corrected chi connectivity index (χ0v) is 8.95. The molecule has 1 N–H and O–H groups in total. The molecule has 2 aliphatic rings. The average Bonchev–Trinajstić information content (AvgIpc) is 2.63. The molecule has 14 heavy (non-hydrogen) atoms. The van der Waals surface area contributed by atoms with Crippen molar-refractivity contribution < 1.29 is 5.11 Å². The summed E-state index contributed by atoms with van der Waals surface area (Å²) in [6, 6.07) is 0. The Kier molecular flexibility index (Phi) is 2.91. The number of β-amino-alcohol motifs (C(OH)–C–C–N with tert-alkyl or cyclic N) is 1. The van der Waals surface area contributed by atoms with Gasteiger partial charge in [0.15, 0.2) is 0 Å². The molecular weight excluding hydrogens is 176 g/mol. The maximum Gasteiger partial charge on any atom is 0.0798 e. The standard InChI is InChI=1S/C11H20N2O/c1-12-8-4-11(14,5-9-12)10-13-6-2-3-7-13/h2-3,14H,4-10H2,1H3. The van der Waals surface area contributed by atoms with E-state index in [0.717, 1.165) is 45.6 Å². The molecule has 0 spiro atoms. The molecule has 80 valence electrons. The third-order valence-corrected chi connectivity index (χ3v) is 3.33. The van der Waals surface area contributed by atoms with Crippen molar-refractivity contribution in [3.8, 4) is 0 Å². The summed E-state index contributed by atoms with van der Waals surface area (Å²) in [5.74, 6) is 0. The SMILES string of the molecule is CN1CCC(O)(CN2CC=CC2)CC1. The van der Waals surface area contributed by atoms with E-state index in [1.807, 2.05) is 0 Å². The number of rotatable bonds is 2. The van der Waals surface area contributed by atoms with E-state index in [1.165, 1.54) is 0 Å². The Bertz CT molecular complexity index is 211. The molecule has 3 heteroatoms. The molecule has 3 nitrogen and oxygen atoms in total. The molecular formula is C11H20N2O. The lowest BCUT2D eigenvalue weighted by Gasteiger charge is -2.38. The highest BCUT2D eigenvalue weighted by Gasteiger charge is 2.32. The van der Waals surface area contributed by atoms with Crippen LogP contribution in [0.15, 0.2) is 12.2 Å². The summed E-state index contributed by atoms with van der Waals surface area (Å²) >= 11 is 0. The van der Waals surface area contributed by atoms with Crippen LogP contribution in [0.2, 0.25) is 0 Å². The van der Waals surface area contributed by atoms with Crippen molar-refractivity contribution in [2.45, 2.75) is 18.4 Å². The van der Waals surface area contributed by atoms with Crippen LogP contribution in [-0.2, 0) is 0 Å². The fourth-order valence-electron chi connectivity index (χ4n) is 2.26. The van der Waals surface area contributed by atoms with Gasteiger partial charge in [0.25, 0.3) is 0 Å². The van der Waals surface area contributed by atoms with Crippen LogP contribution in [0.25, 0.3) is 0 Å². The Hall–Kier alpha value is -0.380. The Balaban J connectivity index is 1.83. The largest absolute Gasteiger partial charge is 0.388 e. The van der Waals surface area contributed by atoms with Gasteiger partial charge in [-0.2, -0.15) is 0 Å². The fraction of sp³-hybridized carbons (Fsp3) is 0.818. The molecule has 1 fully saturated rings. The lowest BCUT2D eigenvalue weighted by Crippen LogP contribution is -2.49. The summed E-state index contributed by atoms with van der Waals surface area (Å²) < 4.78 is 0. The van der Waals surface area contributed by atoms with Gasteiger partial charge in [0.1, 0.15) is 0 Å². The van der Waals surface area contributed by atoms with Crippen molar-refractivity contribution in [1.82, 2.24) is 9.80 Å². The summed E-state index contributed by atoms with van der Waals surface area (Å²) in [7, 11) is 2.12. The highest BCUT2D eigenvalue weighted by molar-refractivity contribution is 4.98. The first-order valence-corrected chi connectivity index (χ1v) is 5.46. The van der Waals surface area contributed by atoms with Crippen molar-refractivity contribution in [3.63, 3.8) is 0 Å². The van der Waals surface area contributed by atoms with Gasteiger partial charge in [0.2, 0.25) is 0 Å². The molecule has 0 amide bonds. The van der Waals surface area contributed by atoms with E-state index in [-0.39, 0.29) is 0 Å². The first-order valence-electron chi connectivity index (χ1n) is 5.46. The first kappa shape index (κ1) is 10.1. The maximum absolute atomic E-state index is 10.4. The van der Waals surface area contributed by atoms with Crippen LogP contribution in [0.1, 0.15) is 12.8 Å². The number of aliphatic hydroxyl groups is 1. The van der Waals surface area contributed by atoms with Crippen molar-refractivity contribution in [2.75, 3.05) is 39.8 Å². The van der Waals surface area contributed by atoms with E-state index in [0.29, 0.717) is 0 Å². The van der Waals surface area contributed by atoms with Crippen molar-refractivity contribution in [2.24, 2.45) is 0 Å². The molecule has 1 saturated heterocycles. The van der Waals surface area contributed by atoms with Gasteiger partial charge in [-0.05, 0) is 19.9 Å². The number of hydrogen-bond donors (Lipinski definition) is 1. The van der Waals surface area contributed by atoms with E-state index in [1.54, 1.807) is 0 Å². The van der Waals surface area contributed by atoms with E-state index < -0.39 is 5.60 Å². The molecule has 0 saturated carbocycles. The minimum Gasteiger partial charge on any atom is -0.388 e. The molecule has 0 aromatic carbocycles. The summed E-state index contributed by atoms with van der Waals surface area (Å²) in [6.07, 6.45) is 6.19. The summed E-state index contributed by atoms with van der Waals surface area (Å²) in [5, 5.41) is 10.4. The molecule has 0 unspecified atom stereocenters.